The number of aryl methyl sites for hydroxylation is 1. The summed E-state index contributed by atoms with van der Waals surface area (Å²) in [5.41, 5.74) is 0.964. The molecule has 20 heavy (non-hydrogen) atoms. The first-order valence-electron chi connectivity index (χ1n) is 7.25. The molecule has 0 N–H and O–H groups in total. The van der Waals surface area contributed by atoms with Gasteiger partial charge in [0.05, 0.1) is 4.92 Å². The van der Waals surface area contributed by atoms with Crippen LogP contribution in [0.15, 0.2) is 12.3 Å². The molecule has 1 aromatic heterocycles. The quantitative estimate of drug-likeness (QED) is 0.610. The third-order valence-corrected chi connectivity index (χ3v) is 4.38. The van der Waals surface area contributed by atoms with Crippen LogP contribution in [0.2, 0.25) is 0 Å². The van der Waals surface area contributed by atoms with Gasteiger partial charge in [0.2, 0.25) is 0 Å². The van der Waals surface area contributed by atoms with E-state index in [2.05, 4.69) is 14.8 Å². The molecule has 2 fully saturated rings. The normalized spacial score (nSPS) is 23.4. The number of aromatic nitrogens is 1. The van der Waals surface area contributed by atoms with Crippen LogP contribution in [0.1, 0.15) is 24.8 Å². The van der Waals surface area contributed by atoms with Gasteiger partial charge in [-0.05, 0) is 31.9 Å². The summed E-state index contributed by atoms with van der Waals surface area (Å²) in [6.45, 7) is 6.14. The van der Waals surface area contributed by atoms with Gasteiger partial charge in [-0.1, -0.05) is 6.42 Å². The Morgan fingerprint density at radius 2 is 2.20 bits per heavy atom. The predicted molar refractivity (Wildman–Crippen MR) is 77.1 cm³/mol. The van der Waals surface area contributed by atoms with Gasteiger partial charge in [0, 0.05) is 31.7 Å². The van der Waals surface area contributed by atoms with E-state index < -0.39 is 0 Å². The van der Waals surface area contributed by atoms with E-state index in [1.54, 1.807) is 6.07 Å². The highest BCUT2D eigenvalue weighted by atomic mass is 16.6. The van der Waals surface area contributed by atoms with Crippen molar-refractivity contribution in [3.05, 3.63) is 27.9 Å². The highest BCUT2D eigenvalue weighted by molar-refractivity contribution is 5.51. The van der Waals surface area contributed by atoms with Crippen LogP contribution in [0.5, 0.6) is 0 Å². The standard InChI is InChI=1S/C14H20N4O2/c1-11-8-13(18(19)20)9-15-14(11)17-7-6-16-5-3-2-4-12(16)10-17/h8-9,12H,2-7,10H2,1H3. The number of piperidine rings is 1. The molecular formula is C14H20N4O2. The van der Waals surface area contributed by atoms with Crippen LogP contribution in [-0.4, -0.2) is 47.0 Å². The molecule has 3 rings (SSSR count). The Hall–Kier alpha value is -1.69. The maximum atomic E-state index is 10.8. The Labute approximate surface area is 118 Å². The van der Waals surface area contributed by atoms with E-state index in [1.807, 2.05) is 6.92 Å². The Morgan fingerprint density at radius 3 is 2.95 bits per heavy atom. The molecule has 2 saturated heterocycles. The number of hydrogen-bond acceptors (Lipinski definition) is 5. The Bertz CT molecular complexity index is 520. The summed E-state index contributed by atoms with van der Waals surface area (Å²) in [6, 6.07) is 2.24. The van der Waals surface area contributed by atoms with Crippen LogP contribution in [0.3, 0.4) is 0 Å². The van der Waals surface area contributed by atoms with Crippen molar-refractivity contribution in [2.24, 2.45) is 0 Å². The van der Waals surface area contributed by atoms with Crippen molar-refractivity contribution in [3.63, 3.8) is 0 Å². The van der Waals surface area contributed by atoms with E-state index in [1.165, 1.54) is 32.0 Å². The lowest BCUT2D eigenvalue weighted by Gasteiger charge is -2.44. The van der Waals surface area contributed by atoms with Gasteiger partial charge in [-0.15, -0.1) is 0 Å². The predicted octanol–water partition coefficient (Wildman–Crippen LogP) is 1.97. The molecule has 0 saturated carbocycles. The summed E-state index contributed by atoms with van der Waals surface area (Å²) in [7, 11) is 0. The summed E-state index contributed by atoms with van der Waals surface area (Å²) < 4.78 is 0. The Kier molecular flexibility index (Phi) is 3.56. The van der Waals surface area contributed by atoms with Crippen molar-refractivity contribution < 1.29 is 4.92 Å². The lowest BCUT2D eigenvalue weighted by Crippen LogP contribution is -2.55. The average Bonchev–Trinajstić information content (AvgIpc) is 2.46. The van der Waals surface area contributed by atoms with Gasteiger partial charge in [-0.2, -0.15) is 0 Å². The van der Waals surface area contributed by atoms with Gasteiger partial charge in [0.15, 0.2) is 0 Å². The fraction of sp³-hybridized carbons (Fsp3) is 0.643. The van der Waals surface area contributed by atoms with Crippen LogP contribution in [0.25, 0.3) is 0 Å². The molecule has 6 heteroatoms. The van der Waals surface area contributed by atoms with E-state index in [9.17, 15) is 10.1 Å². The number of pyridine rings is 1. The van der Waals surface area contributed by atoms with Gasteiger partial charge >= 0.3 is 0 Å². The number of nitrogens with zero attached hydrogens (tertiary/aromatic N) is 4. The van der Waals surface area contributed by atoms with E-state index in [-0.39, 0.29) is 10.6 Å². The molecule has 1 aromatic rings. The highest BCUT2D eigenvalue weighted by Gasteiger charge is 2.30. The second-order valence-electron chi connectivity index (χ2n) is 5.72. The van der Waals surface area contributed by atoms with Crippen molar-refractivity contribution in [2.45, 2.75) is 32.2 Å². The highest BCUT2D eigenvalue weighted by Crippen LogP contribution is 2.27. The maximum absolute atomic E-state index is 10.8. The van der Waals surface area contributed by atoms with E-state index >= 15 is 0 Å². The Balaban J connectivity index is 1.78. The topological polar surface area (TPSA) is 62.5 Å². The molecule has 0 aromatic carbocycles. The minimum absolute atomic E-state index is 0.0718. The van der Waals surface area contributed by atoms with Crippen LogP contribution >= 0.6 is 0 Å². The molecule has 2 aliphatic rings. The summed E-state index contributed by atoms with van der Waals surface area (Å²) in [5.74, 6) is 0.904. The molecule has 0 spiro atoms. The first-order chi connectivity index (χ1) is 9.65. The second kappa shape index (κ2) is 5.36. The number of anilines is 1. The van der Waals surface area contributed by atoms with Gasteiger partial charge < -0.3 is 4.90 Å². The van der Waals surface area contributed by atoms with Gasteiger partial charge in [-0.25, -0.2) is 4.98 Å². The molecular weight excluding hydrogens is 256 g/mol. The van der Waals surface area contributed by atoms with E-state index in [4.69, 9.17) is 0 Å². The number of piperazine rings is 1. The van der Waals surface area contributed by atoms with Crippen molar-refractivity contribution in [1.29, 1.82) is 0 Å². The minimum atomic E-state index is -0.386. The summed E-state index contributed by atoms with van der Waals surface area (Å²) >= 11 is 0. The molecule has 1 atom stereocenters. The second-order valence-corrected chi connectivity index (χ2v) is 5.72. The molecule has 0 radical (unpaired) electrons. The number of fused-ring (bicyclic) bond motifs is 1. The summed E-state index contributed by atoms with van der Waals surface area (Å²) in [4.78, 5) is 19.6. The molecule has 6 nitrogen and oxygen atoms in total. The van der Waals surface area contributed by atoms with Crippen LogP contribution in [0.4, 0.5) is 11.5 Å². The maximum Gasteiger partial charge on any atom is 0.287 e. The fourth-order valence-electron chi connectivity index (χ4n) is 3.33. The number of hydrogen-bond donors (Lipinski definition) is 0. The lowest BCUT2D eigenvalue weighted by atomic mass is 9.99. The van der Waals surface area contributed by atoms with Gasteiger partial charge in [0.25, 0.3) is 5.69 Å². The van der Waals surface area contributed by atoms with Crippen molar-refractivity contribution >= 4 is 11.5 Å². The monoisotopic (exact) mass is 276 g/mol. The van der Waals surface area contributed by atoms with Crippen LogP contribution in [-0.2, 0) is 0 Å². The Morgan fingerprint density at radius 1 is 1.35 bits per heavy atom. The molecule has 2 aliphatic heterocycles. The first-order valence-corrected chi connectivity index (χ1v) is 7.25. The summed E-state index contributed by atoms with van der Waals surface area (Å²) in [6.07, 6.45) is 5.24. The zero-order chi connectivity index (χ0) is 14.1. The molecule has 3 heterocycles. The average molecular weight is 276 g/mol. The zero-order valence-corrected chi connectivity index (χ0v) is 11.8. The first kappa shape index (κ1) is 13.3. The number of rotatable bonds is 2. The van der Waals surface area contributed by atoms with Gasteiger partial charge in [0.1, 0.15) is 12.0 Å². The minimum Gasteiger partial charge on any atom is -0.354 e. The smallest absolute Gasteiger partial charge is 0.287 e. The zero-order valence-electron chi connectivity index (χ0n) is 11.8. The van der Waals surface area contributed by atoms with Gasteiger partial charge in [-0.3, -0.25) is 15.0 Å². The summed E-state index contributed by atoms with van der Waals surface area (Å²) in [5, 5.41) is 10.8. The third kappa shape index (κ3) is 2.47. The number of nitro groups is 1. The SMILES string of the molecule is Cc1cc([N+](=O)[O-])cnc1N1CCN2CCCCC2C1. The molecule has 0 bridgehead atoms. The lowest BCUT2D eigenvalue weighted by molar-refractivity contribution is -0.385. The van der Waals surface area contributed by atoms with E-state index in [0.29, 0.717) is 6.04 Å². The third-order valence-electron chi connectivity index (χ3n) is 4.38. The molecule has 0 aliphatic carbocycles. The fourth-order valence-corrected chi connectivity index (χ4v) is 3.33. The van der Waals surface area contributed by atoms with Crippen molar-refractivity contribution in [1.82, 2.24) is 9.88 Å². The molecule has 0 amide bonds. The molecule has 108 valence electrons. The van der Waals surface area contributed by atoms with Crippen molar-refractivity contribution in [2.75, 3.05) is 31.1 Å². The van der Waals surface area contributed by atoms with Crippen LogP contribution in [0, 0.1) is 17.0 Å². The molecule has 1 unspecified atom stereocenters. The van der Waals surface area contributed by atoms with E-state index in [0.717, 1.165) is 31.0 Å². The largest absolute Gasteiger partial charge is 0.354 e. The van der Waals surface area contributed by atoms with Crippen LogP contribution < -0.4 is 4.90 Å². The van der Waals surface area contributed by atoms with Crippen molar-refractivity contribution in [3.8, 4) is 0 Å².